The van der Waals surface area contributed by atoms with Gasteiger partial charge in [-0.05, 0) is 25.6 Å². The molecule has 0 aliphatic rings. The van der Waals surface area contributed by atoms with Gasteiger partial charge in [-0.25, -0.2) is 8.42 Å². The quantitative estimate of drug-likeness (QED) is 0.870. The zero-order valence-corrected chi connectivity index (χ0v) is 12.5. The van der Waals surface area contributed by atoms with E-state index in [-0.39, 0.29) is 4.90 Å². The zero-order chi connectivity index (χ0) is 14.8. The van der Waals surface area contributed by atoms with Crippen molar-refractivity contribution in [1.82, 2.24) is 15.1 Å². The summed E-state index contributed by atoms with van der Waals surface area (Å²) in [7, 11) is -0.0891. The third-order valence-electron chi connectivity index (χ3n) is 2.89. The average molecular weight is 294 g/mol. The molecule has 108 valence electrons. The van der Waals surface area contributed by atoms with Crippen LogP contribution in [0.3, 0.4) is 0 Å². The Balaban J connectivity index is 2.38. The highest BCUT2D eigenvalue weighted by atomic mass is 32.2. The van der Waals surface area contributed by atoms with Crippen LogP contribution < -0.4 is 10.0 Å². The first-order valence-corrected chi connectivity index (χ1v) is 7.68. The Bertz CT molecular complexity index is 707. The van der Waals surface area contributed by atoms with Crippen molar-refractivity contribution in [3.05, 3.63) is 41.7 Å². The highest BCUT2D eigenvalue weighted by Gasteiger charge is 2.19. The van der Waals surface area contributed by atoms with E-state index in [1.807, 2.05) is 6.07 Å². The SMILES string of the molecule is CNCc1ccccc1S(=O)(=O)Nc1cn(C)nc1C. The van der Waals surface area contributed by atoms with Crippen molar-refractivity contribution >= 4 is 15.7 Å². The van der Waals surface area contributed by atoms with E-state index in [9.17, 15) is 8.42 Å². The van der Waals surface area contributed by atoms with E-state index in [1.54, 1.807) is 50.1 Å². The minimum Gasteiger partial charge on any atom is -0.316 e. The van der Waals surface area contributed by atoms with Crippen LogP contribution in [-0.4, -0.2) is 25.2 Å². The fourth-order valence-electron chi connectivity index (χ4n) is 2.00. The van der Waals surface area contributed by atoms with E-state index < -0.39 is 10.0 Å². The molecule has 0 radical (unpaired) electrons. The van der Waals surface area contributed by atoms with Crippen molar-refractivity contribution in [1.29, 1.82) is 0 Å². The normalized spacial score (nSPS) is 11.6. The maximum atomic E-state index is 12.5. The third-order valence-corrected chi connectivity index (χ3v) is 4.35. The van der Waals surface area contributed by atoms with Gasteiger partial charge in [-0.1, -0.05) is 18.2 Å². The Kier molecular flexibility index (Phi) is 4.10. The first-order valence-electron chi connectivity index (χ1n) is 6.19. The van der Waals surface area contributed by atoms with Crippen LogP contribution in [-0.2, 0) is 23.6 Å². The molecule has 0 aliphatic carbocycles. The summed E-state index contributed by atoms with van der Waals surface area (Å²) in [5.41, 5.74) is 1.86. The molecular weight excluding hydrogens is 276 g/mol. The van der Waals surface area contributed by atoms with Crippen LogP contribution in [0.15, 0.2) is 35.4 Å². The van der Waals surface area contributed by atoms with Crippen molar-refractivity contribution in [2.24, 2.45) is 7.05 Å². The number of anilines is 1. The van der Waals surface area contributed by atoms with E-state index in [2.05, 4.69) is 15.1 Å². The molecule has 0 unspecified atom stereocenters. The predicted molar refractivity (Wildman–Crippen MR) is 78.0 cm³/mol. The molecule has 0 saturated carbocycles. The summed E-state index contributed by atoms with van der Waals surface area (Å²) >= 11 is 0. The molecule has 0 bridgehead atoms. The second kappa shape index (κ2) is 5.64. The number of aromatic nitrogens is 2. The summed E-state index contributed by atoms with van der Waals surface area (Å²) in [6.07, 6.45) is 1.65. The van der Waals surface area contributed by atoms with Gasteiger partial charge in [0.15, 0.2) is 0 Å². The zero-order valence-electron chi connectivity index (χ0n) is 11.7. The third kappa shape index (κ3) is 3.00. The number of benzene rings is 1. The van der Waals surface area contributed by atoms with Crippen molar-refractivity contribution in [2.45, 2.75) is 18.4 Å². The molecule has 2 N–H and O–H groups in total. The van der Waals surface area contributed by atoms with Crippen molar-refractivity contribution in [2.75, 3.05) is 11.8 Å². The molecule has 7 heteroatoms. The lowest BCUT2D eigenvalue weighted by atomic mass is 10.2. The highest BCUT2D eigenvalue weighted by molar-refractivity contribution is 7.92. The van der Waals surface area contributed by atoms with E-state index in [0.29, 0.717) is 17.9 Å². The molecule has 0 amide bonds. The number of nitrogens with one attached hydrogen (secondary N) is 2. The number of sulfonamides is 1. The standard InChI is InChI=1S/C13H18N4O2S/c1-10-12(9-17(3)15-10)16-20(18,19)13-7-5-4-6-11(13)8-14-2/h4-7,9,14,16H,8H2,1-3H3. The highest BCUT2D eigenvalue weighted by Crippen LogP contribution is 2.21. The van der Waals surface area contributed by atoms with Gasteiger partial charge in [0.2, 0.25) is 0 Å². The molecule has 1 heterocycles. The molecule has 1 aromatic heterocycles. The Hall–Kier alpha value is -1.86. The number of rotatable bonds is 5. The molecule has 6 nitrogen and oxygen atoms in total. The Labute approximate surface area is 118 Å². The summed E-state index contributed by atoms with van der Waals surface area (Å²) < 4.78 is 29.1. The van der Waals surface area contributed by atoms with Gasteiger partial charge in [-0.3, -0.25) is 9.40 Å². The van der Waals surface area contributed by atoms with Crippen LogP contribution in [0.2, 0.25) is 0 Å². The minimum absolute atomic E-state index is 0.276. The lowest BCUT2D eigenvalue weighted by Gasteiger charge is -2.11. The van der Waals surface area contributed by atoms with Crippen LogP contribution in [0.4, 0.5) is 5.69 Å². The summed E-state index contributed by atoms with van der Waals surface area (Å²) in [5.74, 6) is 0. The van der Waals surface area contributed by atoms with Gasteiger partial charge >= 0.3 is 0 Å². The average Bonchev–Trinajstić information content (AvgIpc) is 2.68. The molecule has 2 rings (SSSR count). The van der Waals surface area contributed by atoms with Gasteiger partial charge in [0, 0.05) is 19.8 Å². The summed E-state index contributed by atoms with van der Waals surface area (Å²) in [5, 5.41) is 7.09. The van der Waals surface area contributed by atoms with Crippen LogP contribution in [0.1, 0.15) is 11.3 Å². The largest absolute Gasteiger partial charge is 0.316 e. The fourth-order valence-corrected chi connectivity index (χ4v) is 3.34. The second-order valence-corrected chi connectivity index (χ2v) is 6.20. The van der Waals surface area contributed by atoms with Gasteiger partial charge in [0.1, 0.15) is 0 Å². The van der Waals surface area contributed by atoms with Gasteiger partial charge < -0.3 is 5.32 Å². The molecule has 0 fully saturated rings. The summed E-state index contributed by atoms with van der Waals surface area (Å²) in [6, 6.07) is 6.92. The van der Waals surface area contributed by atoms with E-state index in [1.165, 1.54) is 0 Å². The minimum atomic E-state index is -3.62. The van der Waals surface area contributed by atoms with E-state index >= 15 is 0 Å². The van der Waals surface area contributed by atoms with Crippen molar-refractivity contribution in [3.63, 3.8) is 0 Å². The monoisotopic (exact) mass is 294 g/mol. The molecular formula is C13H18N4O2S. The summed E-state index contributed by atoms with van der Waals surface area (Å²) in [6.45, 7) is 2.25. The molecule has 2 aromatic rings. The predicted octanol–water partition coefficient (Wildman–Crippen LogP) is 1.25. The Morgan fingerprint density at radius 2 is 2.00 bits per heavy atom. The number of aryl methyl sites for hydroxylation is 2. The lowest BCUT2D eigenvalue weighted by Crippen LogP contribution is -2.17. The van der Waals surface area contributed by atoms with Crippen molar-refractivity contribution < 1.29 is 8.42 Å². The van der Waals surface area contributed by atoms with Gasteiger partial charge in [0.25, 0.3) is 10.0 Å². The van der Waals surface area contributed by atoms with Gasteiger partial charge in [-0.15, -0.1) is 0 Å². The van der Waals surface area contributed by atoms with Crippen LogP contribution in [0.5, 0.6) is 0 Å². The fraction of sp³-hybridized carbons (Fsp3) is 0.308. The van der Waals surface area contributed by atoms with Gasteiger partial charge in [0.05, 0.1) is 16.3 Å². The topological polar surface area (TPSA) is 76.0 Å². The summed E-state index contributed by atoms with van der Waals surface area (Å²) in [4.78, 5) is 0.276. The van der Waals surface area contributed by atoms with Crippen LogP contribution in [0, 0.1) is 6.92 Å². The van der Waals surface area contributed by atoms with Crippen LogP contribution >= 0.6 is 0 Å². The Morgan fingerprint density at radius 1 is 1.30 bits per heavy atom. The number of nitrogens with zero attached hydrogens (tertiary/aromatic N) is 2. The first kappa shape index (κ1) is 14.5. The molecule has 20 heavy (non-hydrogen) atoms. The number of hydrogen-bond donors (Lipinski definition) is 2. The Morgan fingerprint density at radius 3 is 2.60 bits per heavy atom. The van der Waals surface area contributed by atoms with Crippen molar-refractivity contribution in [3.8, 4) is 0 Å². The molecule has 0 atom stereocenters. The maximum absolute atomic E-state index is 12.5. The van der Waals surface area contributed by atoms with Crippen LogP contribution in [0.25, 0.3) is 0 Å². The van der Waals surface area contributed by atoms with Gasteiger partial charge in [-0.2, -0.15) is 5.10 Å². The smallest absolute Gasteiger partial charge is 0.262 e. The molecule has 1 aromatic carbocycles. The maximum Gasteiger partial charge on any atom is 0.262 e. The van der Waals surface area contributed by atoms with E-state index in [4.69, 9.17) is 0 Å². The first-order chi connectivity index (χ1) is 9.44. The number of hydrogen-bond acceptors (Lipinski definition) is 4. The molecule has 0 saturated heterocycles. The lowest BCUT2D eigenvalue weighted by molar-refractivity contribution is 0.599. The van der Waals surface area contributed by atoms with E-state index in [0.717, 1.165) is 5.56 Å². The molecule has 0 spiro atoms. The molecule has 0 aliphatic heterocycles. The second-order valence-electron chi connectivity index (χ2n) is 4.55.